The van der Waals surface area contributed by atoms with E-state index in [9.17, 15) is 0 Å². The quantitative estimate of drug-likeness (QED) is 0.787. The Kier molecular flexibility index (Phi) is 4.66. The summed E-state index contributed by atoms with van der Waals surface area (Å²) in [4.78, 5) is 2.49. The molecule has 4 bridgehead atoms. The van der Waals surface area contributed by atoms with Crippen molar-refractivity contribution >= 4 is 5.69 Å². The molecule has 1 aromatic rings. The SMILES string of the molecule is c1cc2c(c(N3CCC(NCCC45CC6CC(CC(C6)C4)C5)CC3)c1)OCCO2. The van der Waals surface area contributed by atoms with Crippen LogP contribution in [0.4, 0.5) is 5.69 Å². The number of hydrogen-bond donors (Lipinski definition) is 1. The molecule has 4 aliphatic carbocycles. The highest BCUT2D eigenvalue weighted by Crippen LogP contribution is 2.61. The molecule has 0 unspecified atom stereocenters. The van der Waals surface area contributed by atoms with Gasteiger partial charge in [-0.15, -0.1) is 0 Å². The summed E-state index contributed by atoms with van der Waals surface area (Å²) in [6, 6.07) is 6.99. The van der Waals surface area contributed by atoms with Gasteiger partial charge in [0.1, 0.15) is 13.2 Å². The molecule has 158 valence electrons. The number of para-hydroxylation sites is 1. The molecular formula is C25H36N2O2. The number of piperidine rings is 1. The fourth-order valence-electron chi connectivity index (χ4n) is 7.77. The lowest BCUT2D eigenvalue weighted by Gasteiger charge is -2.57. The van der Waals surface area contributed by atoms with Gasteiger partial charge < -0.3 is 19.7 Å². The molecule has 29 heavy (non-hydrogen) atoms. The monoisotopic (exact) mass is 396 g/mol. The zero-order chi connectivity index (χ0) is 19.3. The summed E-state index contributed by atoms with van der Waals surface area (Å²) in [7, 11) is 0. The Balaban J connectivity index is 1.01. The number of fused-ring (bicyclic) bond motifs is 1. The summed E-state index contributed by atoms with van der Waals surface area (Å²) in [5.74, 6) is 5.09. The molecule has 0 amide bonds. The Morgan fingerprint density at radius 1 is 0.931 bits per heavy atom. The van der Waals surface area contributed by atoms with Crippen molar-refractivity contribution in [2.24, 2.45) is 23.2 Å². The third-order valence-corrected chi connectivity index (χ3v) is 8.63. The minimum atomic E-state index is 0.659. The van der Waals surface area contributed by atoms with Crippen LogP contribution in [0.1, 0.15) is 57.8 Å². The van der Waals surface area contributed by atoms with Gasteiger partial charge >= 0.3 is 0 Å². The first-order chi connectivity index (χ1) is 14.3. The zero-order valence-corrected chi connectivity index (χ0v) is 17.7. The second kappa shape index (κ2) is 7.37. The first-order valence-corrected chi connectivity index (χ1v) is 12.1. The van der Waals surface area contributed by atoms with Crippen molar-refractivity contribution in [2.75, 3.05) is 37.7 Å². The van der Waals surface area contributed by atoms with E-state index in [0.717, 1.165) is 42.3 Å². The summed E-state index contributed by atoms with van der Waals surface area (Å²) in [6.45, 7) is 4.76. The van der Waals surface area contributed by atoms with Gasteiger partial charge in [-0.25, -0.2) is 0 Å². The van der Waals surface area contributed by atoms with Gasteiger partial charge in [-0.05, 0) is 99.6 Å². The molecule has 0 aromatic heterocycles. The van der Waals surface area contributed by atoms with Gasteiger partial charge in [0.05, 0.1) is 5.69 Å². The van der Waals surface area contributed by atoms with Gasteiger partial charge in [0, 0.05) is 19.1 Å². The van der Waals surface area contributed by atoms with Crippen molar-refractivity contribution in [1.29, 1.82) is 0 Å². The number of rotatable bonds is 5. The predicted octanol–water partition coefficient (Wildman–Crippen LogP) is 4.62. The Labute approximate surface area is 175 Å². The molecule has 0 radical (unpaired) electrons. The summed E-state index contributed by atoms with van der Waals surface area (Å²) in [5, 5.41) is 3.95. The van der Waals surface area contributed by atoms with Gasteiger partial charge in [0.15, 0.2) is 11.5 Å². The number of anilines is 1. The molecule has 6 aliphatic rings. The summed E-state index contributed by atoms with van der Waals surface area (Å²) in [5.41, 5.74) is 1.93. The number of benzene rings is 1. The van der Waals surface area contributed by atoms with Crippen LogP contribution in [0.5, 0.6) is 11.5 Å². The fraction of sp³-hybridized carbons (Fsp3) is 0.760. The van der Waals surface area contributed by atoms with Crippen LogP contribution < -0.4 is 19.7 Å². The van der Waals surface area contributed by atoms with Crippen molar-refractivity contribution in [3.63, 3.8) is 0 Å². The largest absolute Gasteiger partial charge is 0.486 e. The molecule has 5 fully saturated rings. The van der Waals surface area contributed by atoms with Crippen LogP contribution in [-0.2, 0) is 0 Å². The van der Waals surface area contributed by atoms with E-state index in [-0.39, 0.29) is 0 Å². The van der Waals surface area contributed by atoms with Crippen molar-refractivity contribution in [3.8, 4) is 11.5 Å². The van der Waals surface area contributed by atoms with Crippen LogP contribution >= 0.6 is 0 Å². The summed E-state index contributed by atoms with van der Waals surface area (Å²) < 4.78 is 11.7. The van der Waals surface area contributed by atoms with E-state index in [4.69, 9.17) is 9.47 Å². The molecule has 1 saturated heterocycles. The number of hydrogen-bond acceptors (Lipinski definition) is 4. The van der Waals surface area contributed by atoms with Crippen LogP contribution in [0.3, 0.4) is 0 Å². The van der Waals surface area contributed by atoms with E-state index < -0.39 is 0 Å². The normalized spacial score (nSPS) is 35.9. The highest BCUT2D eigenvalue weighted by atomic mass is 16.6. The van der Waals surface area contributed by atoms with Crippen molar-refractivity contribution in [2.45, 2.75) is 63.8 Å². The zero-order valence-electron chi connectivity index (χ0n) is 17.7. The van der Waals surface area contributed by atoms with Crippen molar-refractivity contribution < 1.29 is 9.47 Å². The minimum Gasteiger partial charge on any atom is -0.486 e. The van der Waals surface area contributed by atoms with E-state index >= 15 is 0 Å². The second-order valence-corrected chi connectivity index (χ2v) is 10.7. The lowest BCUT2D eigenvalue weighted by atomic mass is 9.49. The number of nitrogens with one attached hydrogen (secondary N) is 1. The maximum Gasteiger partial charge on any atom is 0.184 e. The maximum absolute atomic E-state index is 5.93. The smallest absolute Gasteiger partial charge is 0.184 e. The van der Waals surface area contributed by atoms with Crippen LogP contribution in [0.15, 0.2) is 18.2 Å². The van der Waals surface area contributed by atoms with Crippen molar-refractivity contribution in [1.82, 2.24) is 5.32 Å². The van der Waals surface area contributed by atoms with Crippen LogP contribution in [-0.4, -0.2) is 38.9 Å². The third-order valence-electron chi connectivity index (χ3n) is 8.63. The van der Waals surface area contributed by atoms with E-state index in [1.165, 1.54) is 31.5 Å². The molecule has 2 aliphatic heterocycles. The standard InChI is InChI=1S/C25H36N2O2/c1-2-22(24-23(3-1)28-10-11-29-24)27-8-4-21(5-9-27)26-7-6-25-15-18-12-19(16-25)14-20(13-18)17-25/h1-3,18-21,26H,4-17H2. The highest BCUT2D eigenvalue weighted by Gasteiger charge is 2.50. The molecule has 4 heteroatoms. The number of ether oxygens (including phenoxy) is 2. The molecule has 1 N–H and O–H groups in total. The lowest BCUT2D eigenvalue weighted by Crippen LogP contribution is -2.48. The van der Waals surface area contributed by atoms with Gasteiger partial charge in [0.25, 0.3) is 0 Å². The second-order valence-electron chi connectivity index (χ2n) is 10.7. The Morgan fingerprint density at radius 3 is 2.34 bits per heavy atom. The Morgan fingerprint density at radius 2 is 1.62 bits per heavy atom. The molecular weight excluding hydrogens is 360 g/mol. The molecule has 1 aromatic carbocycles. The molecule has 2 heterocycles. The van der Waals surface area contributed by atoms with Gasteiger partial charge in [-0.1, -0.05) is 6.07 Å². The first-order valence-electron chi connectivity index (χ1n) is 12.1. The van der Waals surface area contributed by atoms with E-state index in [2.05, 4.69) is 22.3 Å². The molecule has 7 rings (SSSR count). The molecule has 0 spiro atoms. The van der Waals surface area contributed by atoms with Crippen LogP contribution in [0.25, 0.3) is 0 Å². The van der Waals surface area contributed by atoms with Crippen molar-refractivity contribution in [3.05, 3.63) is 18.2 Å². The lowest BCUT2D eigenvalue weighted by molar-refractivity contribution is -0.0570. The minimum absolute atomic E-state index is 0.659. The Bertz CT molecular complexity index is 705. The van der Waals surface area contributed by atoms with E-state index in [1.807, 2.05) is 6.07 Å². The van der Waals surface area contributed by atoms with Gasteiger partial charge in [-0.2, -0.15) is 0 Å². The average molecular weight is 397 g/mol. The predicted molar refractivity (Wildman–Crippen MR) is 116 cm³/mol. The fourth-order valence-corrected chi connectivity index (χ4v) is 7.77. The van der Waals surface area contributed by atoms with Crippen LogP contribution in [0.2, 0.25) is 0 Å². The summed E-state index contributed by atoms with van der Waals surface area (Å²) >= 11 is 0. The first kappa shape index (κ1) is 18.4. The van der Waals surface area contributed by atoms with E-state index in [1.54, 1.807) is 38.5 Å². The summed E-state index contributed by atoms with van der Waals surface area (Å²) in [6.07, 6.45) is 13.2. The highest BCUT2D eigenvalue weighted by molar-refractivity contribution is 5.65. The third kappa shape index (κ3) is 3.52. The maximum atomic E-state index is 5.93. The topological polar surface area (TPSA) is 33.7 Å². The van der Waals surface area contributed by atoms with Gasteiger partial charge in [0.2, 0.25) is 0 Å². The van der Waals surface area contributed by atoms with Crippen LogP contribution in [0, 0.1) is 23.2 Å². The molecule has 4 nitrogen and oxygen atoms in total. The average Bonchev–Trinajstić information content (AvgIpc) is 2.73. The Hall–Kier alpha value is -1.42. The van der Waals surface area contributed by atoms with Gasteiger partial charge in [-0.3, -0.25) is 0 Å². The number of nitrogens with zero attached hydrogens (tertiary/aromatic N) is 1. The molecule has 4 saturated carbocycles. The van der Waals surface area contributed by atoms with E-state index in [0.29, 0.717) is 24.7 Å². The molecule has 0 atom stereocenters.